The minimum atomic E-state index is -0.110. The Bertz CT molecular complexity index is 437. The van der Waals surface area contributed by atoms with E-state index in [4.69, 9.17) is 9.47 Å². The maximum absolute atomic E-state index is 12.1. The molecule has 0 aliphatic carbocycles. The summed E-state index contributed by atoms with van der Waals surface area (Å²) in [6.07, 6.45) is 0. The Morgan fingerprint density at radius 2 is 1.89 bits per heavy atom. The first-order valence-corrected chi connectivity index (χ1v) is 7.24. The Labute approximate surface area is 122 Å². The van der Waals surface area contributed by atoms with Crippen molar-refractivity contribution < 1.29 is 14.3 Å². The fraction of sp³-hybridized carbons (Fsp3) is 0.500. The molecule has 1 N–H and O–H groups in total. The number of ether oxygens (including phenoxy) is 2. The lowest BCUT2D eigenvalue weighted by Crippen LogP contribution is -2.37. The summed E-state index contributed by atoms with van der Waals surface area (Å²) < 4.78 is 10.3. The number of nitrogens with one attached hydrogen (secondary N) is 1. The molecule has 0 aliphatic heterocycles. The van der Waals surface area contributed by atoms with Crippen LogP contribution in [0, 0.1) is 5.92 Å². The number of amides is 1. The average Bonchev–Trinajstić information content (AvgIpc) is 2.45. The maximum atomic E-state index is 12.1. The predicted molar refractivity (Wildman–Crippen MR) is 79.4 cm³/mol. The van der Waals surface area contributed by atoms with E-state index in [9.17, 15) is 4.79 Å². The van der Waals surface area contributed by atoms with Gasteiger partial charge in [0.25, 0.3) is 5.91 Å². The molecule has 2 atom stereocenters. The van der Waals surface area contributed by atoms with E-state index in [1.165, 1.54) is 0 Å². The molecule has 4 nitrogen and oxygen atoms in total. The third kappa shape index (κ3) is 4.13. The van der Waals surface area contributed by atoms with Crippen LogP contribution in [0.1, 0.15) is 24.2 Å². The van der Waals surface area contributed by atoms with Crippen LogP contribution >= 0.6 is 15.9 Å². The Morgan fingerprint density at radius 1 is 1.26 bits per heavy atom. The van der Waals surface area contributed by atoms with Gasteiger partial charge in [0.15, 0.2) is 11.5 Å². The lowest BCUT2D eigenvalue weighted by molar-refractivity contribution is 0.0930. The highest BCUT2D eigenvalue weighted by atomic mass is 79.9. The molecule has 5 heteroatoms. The molecular formula is C14H20BrNO3. The summed E-state index contributed by atoms with van der Waals surface area (Å²) in [7, 11) is 3.12. The van der Waals surface area contributed by atoms with Gasteiger partial charge in [-0.05, 0) is 31.0 Å². The lowest BCUT2D eigenvalue weighted by Gasteiger charge is -2.19. The second-order valence-electron chi connectivity index (χ2n) is 4.46. The van der Waals surface area contributed by atoms with Gasteiger partial charge < -0.3 is 14.8 Å². The van der Waals surface area contributed by atoms with Crippen molar-refractivity contribution >= 4 is 21.8 Å². The molecule has 1 aromatic carbocycles. The van der Waals surface area contributed by atoms with Gasteiger partial charge in [-0.15, -0.1) is 0 Å². The number of alkyl halides is 1. The molecule has 2 unspecified atom stereocenters. The van der Waals surface area contributed by atoms with Crippen LogP contribution < -0.4 is 14.8 Å². The third-order valence-corrected chi connectivity index (χ3v) is 4.12. The van der Waals surface area contributed by atoms with Crippen molar-refractivity contribution in [1.82, 2.24) is 5.32 Å². The average molecular weight is 330 g/mol. The summed E-state index contributed by atoms with van der Waals surface area (Å²) in [5, 5.41) is 3.82. The normalized spacial score (nSPS) is 13.5. The third-order valence-electron chi connectivity index (χ3n) is 3.10. The Kier molecular flexibility index (Phi) is 6.15. The largest absolute Gasteiger partial charge is 0.493 e. The molecule has 0 saturated carbocycles. The highest BCUT2D eigenvalue weighted by molar-refractivity contribution is 9.09. The summed E-state index contributed by atoms with van der Waals surface area (Å²) in [5.41, 5.74) is 0.561. The van der Waals surface area contributed by atoms with Crippen molar-refractivity contribution in [3.8, 4) is 11.5 Å². The van der Waals surface area contributed by atoms with Crippen molar-refractivity contribution in [2.75, 3.05) is 19.5 Å². The van der Waals surface area contributed by atoms with Crippen LogP contribution in [-0.2, 0) is 0 Å². The van der Waals surface area contributed by atoms with Gasteiger partial charge in [0.1, 0.15) is 0 Å². The van der Waals surface area contributed by atoms with Crippen molar-refractivity contribution in [2.24, 2.45) is 5.92 Å². The standard InChI is InChI=1S/C14H20BrNO3/c1-9(8-15)10(2)16-14(17)11-5-6-12(18-3)13(7-11)19-4/h5-7,9-10H,8H2,1-4H3,(H,16,17). The fourth-order valence-electron chi connectivity index (χ4n) is 1.54. The van der Waals surface area contributed by atoms with Gasteiger partial charge >= 0.3 is 0 Å². The second-order valence-corrected chi connectivity index (χ2v) is 5.11. The topological polar surface area (TPSA) is 47.6 Å². The molecule has 0 fully saturated rings. The first kappa shape index (κ1) is 15.8. The van der Waals surface area contributed by atoms with Crippen LogP contribution in [0.25, 0.3) is 0 Å². The van der Waals surface area contributed by atoms with Crippen LogP contribution in [0.4, 0.5) is 0 Å². The molecule has 1 aromatic rings. The van der Waals surface area contributed by atoms with Crippen molar-refractivity contribution in [2.45, 2.75) is 19.9 Å². The van der Waals surface area contributed by atoms with E-state index in [-0.39, 0.29) is 11.9 Å². The number of carbonyl (C=O) groups is 1. The molecule has 19 heavy (non-hydrogen) atoms. The number of benzene rings is 1. The number of carbonyl (C=O) groups excluding carboxylic acids is 1. The lowest BCUT2D eigenvalue weighted by atomic mass is 10.1. The van der Waals surface area contributed by atoms with E-state index in [2.05, 4.69) is 28.2 Å². The number of halogens is 1. The first-order chi connectivity index (χ1) is 9.03. The molecule has 0 aliphatic rings. The molecule has 0 bridgehead atoms. The van der Waals surface area contributed by atoms with Gasteiger partial charge in [0, 0.05) is 16.9 Å². The van der Waals surface area contributed by atoms with Gasteiger partial charge in [-0.3, -0.25) is 4.79 Å². The van der Waals surface area contributed by atoms with Gasteiger partial charge in [0.2, 0.25) is 0 Å². The van der Waals surface area contributed by atoms with Crippen molar-refractivity contribution in [3.05, 3.63) is 23.8 Å². The number of methoxy groups -OCH3 is 2. The molecular weight excluding hydrogens is 310 g/mol. The summed E-state index contributed by atoms with van der Waals surface area (Å²) in [6, 6.07) is 5.23. The highest BCUT2D eigenvalue weighted by Gasteiger charge is 2.16. The van der Waals surface area contributed by atoms with Crippen LogP contribution in [-0.4, -0.2) is 31.5 Å². The van der Waals surface area contributed by atoms with Gasteiger partial charge in [-0.2, -0.15) is 0 Å². The van der Waals surface area contributed by atoms with Gasteiger partial charge in [-0.25, -0.2) is 0 Å². The summed E-state index contributed by atoms with van der Waals surface area (Å²) in [5.74, 6) is 1.42. The molecule has 0 radical (unpaired) electrons. The fourth-order valence-corrected chi connectivity index (χ4v) is 2.10. The quantitative estimate of drug-likeness (QED) is 0.816. The summed E-state index contributed by atoms with van der Waals surface area (Å²) in [6.45, 7) is 4.07. The number of hydrogen-bond donors (Lipinski definition) is 1. The zero-order chi connectivity index (χ0) is 14.4. The van der Waals surface area contributed by atoms with Crippen LogP contribution in [0.3, 0.4) is 0 Å². The van der Waals surface area contributed by atoms with Gasteiger partial charge in [-0.1, -0.05) is 22.9 Å². The van der Waals surface area contributed by atoms with Crippen LogP contribution in [0.5, 0.6) is 11.5 Å². The van der Waals surface area contributed by atoms with E-state index >= 15 is 0 Å². The summed E-state index contributed by atoms with van der Waals surface area (Å²) in [4.78, 5) is 12.1. The molecule has 106 valence electrons. The smallest absolute Gasteiger partial charge is 0.251 e. The van der Waals surface area contributed by atoms with Crippen molar-refractivity contribution in [3.63, 3.8) is 0 Å². The number of hydrogen-bond acceptors (Lipinski definition) is 3. The molecule has 0 heterocycles. The van der Waals surface area contributed by atoms with E-state index in [1.807, 2.05) is 6.92 Å². The van der Waals surface area contributed by atoms with Crippen LogP contribution in [0.2, 0.25) is 0 Å². The minimum absolute atomic E-state index is 0.0972. The van der Waals surface area contributed by atoms with E-state index < -0.39 is 0 Å². The molecule has 0 spiro atoms. The minimum Gasteiger partial charge on any atom is -0.493 e. The monoisotopic (exact) mass is 329 g/mol. The second kappa shape index (κ2) is 7.38. The van der Waals surface area contributed by atoms with E-state index in [1.54, 1.807) is 32.4 Å². The first-order valence-electron chi connectivity index (χ1n) is 6.12. The highest BCUT2D eigenvalue weighted by Crippen LogP contribution is 2.27. The van der Waals surface area contributed by atoms with Crippen LogP contribution in [0.15, 0.2) is 18.2 Å². The Morgan fingerprint density at radius 3 is 2.42 bits per heavy atom. The summed E-state index contributed by atoms with van der Waals surface area (Å²) >= 11 is 3.42. The van der Waals surface area contributed by atoms with Crippen molar-refractivity contribution in [1.29, 1.82) is 0 Å². The molecule has 1 rings (SSSR count). The zero-order valence-corrected chi connectivity index (χ0v) is 13.3. The van der Waals surface area contributed by atoms with E-state index in [0.29, 0.717) is 23.0 Å². The Hall–Kier alpha value is -1.23. The number of rotatable bonds is 6. The molecule has 1 amide bonds. The van der Waals surface area contributed by atoms with E-state index in [0.717, 1.165) is 5.33 Å². The predicted octanol–water partition coefficient (Wildman–Crippen LogP) is 2.85. The molecule has 0 aromatic heterocycles. The maximum Gasteiger partial charge on any atom is 0.251 e. The van der Waals surface area contributed by atoms with Gasteiger partial charge in [0.05, 0.1) is 14.2 Å². The SMILES string of the molecule is COc1ccc(C(=O)NC(C)C(C)CBr)cc1OC. The Balaban J connectivity index is 2.83. The molecule has 0 saturated heterocycles. The zero-order valence-electron chi connectivity index (χ0n) is 11.7.